The summed E-state index contributed by atoms with van der Waals surface area (Å²) in [7, 11) is 3.11. The minimum atomic E-state index is -0.897. The Bertz CT molecular complexity index is 999. The van der Waals surface area contributed by atoms with Crippen molar-refractivity contribution in [3.63, 3.8) is 0 Å². The standard InChI is InChI=1S/C26H32Cl2N2O5/c1-33-22-4-3-5-23(34-2)24(22)25(26(31)32)30-12-8-17(9-13-30)29-14-10-18(11-15-29)35-19-6-7-20(27)21(28)16-19/h3-7,16-18,25H,8-15H2,1-2H3,(H,31,32). The zero-order chi connectivity index (χ0) is 24.9. The van der Waals surface area contributed by atoms with E-state index in [0.717, 1.165) is 44.5 Å². The molecule has 2 aromatic carbocycles. The number of likely N-dealkylation sites (tertiary alicyclic amines) is 2. The van der Waals surface area contributed by atoms with Gasteiger partial charge in [0.25, 0.3) is 0 Å². The number of halogens is 2. The number of nitrogens with zero attached hydrogens (tertiary/aromatic N) is 2. The zero-order valence-electron chi connectivity index (χ0n) is 20.1. The lowest BCUT2D eigenvalue weighted by Gasteiger charge is -2.43. The van der Waals surface area contributed by atoms with E-state index in [1.54, 1.807) is 44.6 Å². The molecule has 2 saturated heterocycles. The van der Waals surface area contributed by atoms with Crippen LogP contribution in [-0.2, 0) is 4.79 Å². The van der Waals surface area contributed by atoms with Gasteiger partial charge in [0.05, 0.1) is 29.8 Å². The van der Waals surface area contributed by atoms with E-state index in [9.17, 15) is 9.90 Å². The number of aliphatic carboxylic acids is 1. The molecule has 190 valence electrons. The minimum Gasteiger partial charge on any atom is -0.496 e. The predicted molar refractivity (Wildman–Crippen MR) is 136 cm³/mol. The Morgan fingerprint density at radius 1 is 0.943 bits per heavy atom. The van der Waals surface area contributed by atoms with E-state index < -0.39 is 12.0 Å². The number of carboxylic acids is 1. The molecule has 1 unspecified atom stereocenters. The fraction of sp³-hybridized carbons (Fsp3) is 0.500. The molecule has 35 heavy (non-hydrogen) atoms. The number of carbonyl (C=O) groups is 1. The van der Waals surface area contributed by atoms with Gasteiger partial charge in [0.2, 0.25) is 0 Å². The lowest BCUT2D eigenvalue weighted by Crippen LogP contribution is -2.50. The summed E-state index contributed by atoms with van der Waals surface area (Å²) in [6.45, 7) is 3.31. The highest BCUT2D eigenvalue weighted by Crippen LogP contribution is 2.39. The van der Waals surface area contributed by atoms with E-state index in [0.29, 0.717) is 46.2 Å². The van der Waals surface area contributed by atoms with Crippen LogP contribution in [0.5, 0.6) is 17.2 Å². The molecular formula is C26H32Cl2N2O5. The number of piperidine rings is 2. The van der Waals surface area contributed by atoms with E-state index >= 15 is 0 Å². The van der Waals surface area contributed by atoms with E-state index in [1.807, 2.05) is 11.0 Å². The Labute approximate surface area is 216 Å². The molecule has 2 aromatic rings. The summed E-state index contributed by atoms with van der Waals surface area (Å²) >= 11 is 12.1. The van der Waals surface area contributed by atoms with Gasteiger partial charge in [0.15, 0.2) is 0 Å². The summed E-state index contributed by atoms with van der Waals surface area (Å²) in [6, 6.07) is 10.4. The number of methoxy groups -OCH3 is 2. The average Bonchev–Trinajstić information content (AvgIpc) is 2.87. The molecule has 0 bridgehead atoms. The summed E-state index contributed by atoms with van der Waals surface area (Å²) in [6.07, 6.45) is 3.87. The molecule has 1 N–H and O–H groups in total. The summed E-state index contributed by atoms with van der Waals surface area (Å²) in [5.41, 5.74) is 0.573. The monoisotopic (exact) mass is 522 g/mol. The maximum absolute atomic E-state index is 12.4. The van der Waals surface area contributed by atoms with Crippen LogP contribution in [0, 0.1) is 0 Å². The number of rotatable bonds is 8. The number of hydrogen-bond acceptors (Lipinski definition) is 6. The van der Waals surface area contributed by atoms with Crippen molar-refractivity contribution in [3.8, 4) is 17.2 Å². The lowest BCUT2D eigenvalue weighted by atomic mass is 9.95. The van der Waals surface area contributed by atoms with Gasteiger partial charge in [0.1, 0.15) is 29.4 Å². The van der Waals surface area contributed by atoms with Crippen LogP contribution >= 0.6 is 23.2 Å². The highest BCUT2D eigenvalue weighted by Gasteiger charge is 2.37. The number of hydrogen-bond donors (Lipinski definition) is 1. The van der Waals surface area contributed by atoms with Crippen molar-refractivity contribution in [2.24, 2.45) is 0 Å². The topological polar surface area (TPSA) is 71.5 Å². The molecule has 7 nitrogen and oxygen atoms in total. The van der Waals surface area contributed by atoms with Crippen LogP contribution < -0.4 is 14.2 Å². The minimum absolute atomic E-state index is 0.151. The van der Waals surface area contributed by atoms with Gasteiger partial charge < -0.3 is 24.2 Å². The summed E-state index contributed by atoms with van der Waals surface area (Å²) in [4.78, 5) is 16.9. The van der Waals surface area contributed by atoms with Gasteiger partial charge in [-0.05, 0) is 49.9 Å². The van der Waals surface area contributed by atoms with Crippen LogP contribution in [0.25, 0.3) is 0 Å². The first-order valence-electron chi connectivity index (χ1n) is 11.9. The largest absolute Gasteiger partial charge is 0.496 e. The van der Waals surface area contributed by atoms with Gasteiger partial charge in [-0.15, -0.1) is 0 Å². The van der Waals surface area contributed by atoms with Gasteiger partial charge in [-0.2, -0.15) is 0 Å². The van der Waals surface area contributed by atoms with Crippen LogP contribution in [-0.4, -0.2) is 73.4 Å². The van der Waals surface area contributed by atoms with Gasteiger partial charge in [0, 0.05) is 38.3 Å². The molecule has 9 heteroatoms. The van der Waals surface area contributed by atoms with Gasteiger partial charge in [-0.1, -0.05) is 29.3 Å². The van der Waals surface area contributed by atoms with E-state index in [2.05, 4.69) is 4.90 Å². The van der Waals surface area contributed by atoms with Crippen LogP contribution in [0.15, 0.2) is 36.4 Å². The third kappa shape index (κ3) is 5.97. The van der Waals surface area contributed by atoms with E-state index in [4.69, 9.17) is 37.4 Å². The first kappa shape index (κ1) is 25.9. The molecule has 2 aliphatic rings. The SMILES string of the molecule is COc1cccc(OC)c1C(C(=O)O)N1CCC(N2CCC(Oc3ccc(Cl)c(Cl)c3)CC2)CC1. The number of benzene rings is 2. The number of ether oxygens (including phenoxy) is 3. The van der Waals surface area contributed by atoms with Gasteiger partial charge in [-0.25, -0.2) is 0 Å². The quantitative estimate of drug-likeness (QED) is 0.514. The van der Waals surface area contributed by atoms with Crippen molar-refractivity contribution in [2.45, 2.75) is 43.9 Å². The van der Waals surface area contributed by atoms with Gasteiger partial charge in [-0.3, -0.25) is 9.69 Å². The van der Waals surface area contributed by atoms with Gasteiger partial charge >= 0.3 is 5.97 Å². The molecule has 0 radical (unpaired) electrons. The fourth-order valence-electron chi connectivity index (χ4n) is 5.22. The molecule has 2 aliphatic heterocycles. The molecule has 0 spiro atoms. The predicted octanol–water partition coefficient (Wildman–Crippen LogP) is 5.14. The van der Waals surface area contributed by atoms with Crippen molar-refractivity contribution in [1.82, 2.24) is 9.80 Å². The Morgan fingerprint density at radius 2 is 1.57 bits per heavy atom. The molecule has 1 atom stereocenters. The second kappa shape index (κ2) is 11.7. The van der Waals surface area contributed by atoms with Crippen molar-refractivity contribution in [1.29, 1.82) is 0 Å². The van der Waals surface area contributed by atoms with Crippen LogP contribution in [0.4, 0.5) is 0 Å². The molecule has 4 rings (SSSR count). The average molecular weight is 523 g/mol. The maximum Gasteiger partial charge on any atom is 0.325 e. The molecular weight excluding hydrogens is 491 g/mol. The highest BCUT2D eigenvalue weighted by atomic mass is 35.5. The van der Waals surface area contributed by atoms with Crippen molar-refractivity contribution < 1.29 is 24.1 Å². The first-order chi connectivity index (χ1) is 16.9. The Hall–Kier alpha value is -2.19. The summed E-state index contributed by atoms with van der Waals surface area (Å²) in [5, 5.41) is 11.1. The van der Waals surface area contributed by atoms with Crippen LogP contribution in [0.3, 0.4) is 0 Å². The van der Waals surface area contributed by atoms with Crippen LogP contribution in [0.1, 0.15) is 37.3 Å². The second-order valence-electron chi connectivity index (χ2n) is 9.01. The third-order valence-corrected chi connectivity index (χ3v) is 7.76. The fourth-order valence-corrected chi connectivity index (χ4v) is 5.51. The normalized spacial score (nSPS) is 19.3. The highest BCUT2D eigenvalue weighted by molar-refractivity contribution is 6.42. The summed E-state index contributed by atoms with van der Waals surface area (Å²) in [5.74, 6) is 0.912. The smallest absolute Gasteiger partial charge is 0.325 e. The van der Waals surface area contributed by atoms with Crippen molar-refractivity contribution in [2.75, 3.05) is 40.4 Å². The molecule has 0 amide bonds. The molecule has 0 aromatic heterocycles. The first-order valence-corrected chi connectivity index (χ1v) is 12.7. The maximum atomic E-state index is 12.4. The van der Waals surface area contributed by atoms with Crippen molar-refractivity contribution in [3.05, 3.63) is 52.0 Å². The number of carboxylic acid groups (broad SMARTS) is 1. The Kier molecular flexibility index (Phi) is 8.65. The lowest BCUT2D eigenvalue weighted by molar-refractivity contribution is -0.144. The zero-order valence-corrected chi connectivity index (χ0v) is 21.6. The Morgan fingerprint density at radius 3 is 2.11 bits per heavy atom. The summed E-state index contributed by atoms with van der Waals surface area (Å²) < 4.78 is 17.1. The van der Waals surface area contributed by atoms with E-state index in [-0.39, 0.29) is 6.10 Å². The molecule has 0 aliphatic carbocycles. The van der Waals surface area contributed by atoms with Crippen molar-refractivity contribution >= 4 is 29.2 Å². The molecule has 2 fully saturated rings. The Balaban J connectivity index is 1.34. The second-order valence-corrected chi connectivity index (χ2v) is 9.83. The third-order valence-electron chi connectivity index (χ3n) is 7.02. The van der Waals surface area contributed by atoms with E-state index in [1.165, 1.54) is 0 Å². The molecule has 0 saturated carbocycles. The molecule has 2 heterocycles. The van der Waals surface area contributed by atoms with Crippen LogP contribution in [0.2, 0.25) is 10.0 Å².